The molecule has 8 nitrogen and oxygen atoms in total. The Labute approximate surface area is 201 Å². The molecule has 2 aromatic heterocycles. The van der Waals surface area contributed by atoms with Crippen molar-refractivity contribution >= 4 is 22.6 Å². The first-order valence-corrected chi connectivity index (χ1v) is 11.4. The van der Waals surface area contributed by atoms with E-state index in [1.807, 2.05) is 38.4 Å². The van der Waals surface area contributed by atoms with Crippen molar-refractivity contribution < 1.29 is 18.7 Å². The van der Waals surface area contributed by atoms with Gasteiger partial charge in [0.25, 0.3) is 5.91 Å². The lowest BCUT2D eigenvalue weighted by Gasteiger charge is -2.24. The van der Waals surface area contributed by atoms with Gasteiger partial charge in [0.15, 0.2) is 0 Å². The minimum atomic E-state index is -0.640. The molecule has 0 unspecified atom stereocenters. The predicted molar refractivity (Wildman–Crippen MR) is 128 cm³/mol. The largest absolute Gasteiger partial charge is 0.491 e. The Morgan fingerprint density at radius 2 is 2.09 bits per heavy atom. The van der Waals surface area contributed by atoms with Crippen LogP contribution in [0.4, 0.5) is 10.2 Å². The van der Waals surface area contributed by atoms with Gasteiger partial charge >= 0.3 is 0 Å². The van der Waals surface area contributed by atoms with E-state index in [0.29, 0.717) is 35.7 Å². The molecular weight excluding hydrogens is 449 g/mol. The summed E-state index contributed by atoms with van der Waals surface area (Å²) in [6.07, 6.45) is 3.52. The zero-order valence-corrected chi connectivity index (χ0v) is 19.6. The van der Waals surface area contributed by atoms with Gasteiger partial charge in [0.1, 0.15) is 24.0 Å². The Bertz CT molecular complexity index is 1510. The highest BCUT2D eigenvalue weighted by Crippen LogP contribution is 2.41. The van der Waals surface area contributed by atoms with E-state index in [1.54, 1.807) is 24.0 Å². The number of nitrogen functional groups attached to an aromatic ring is 1. The Kier molecular flexibility index (Phi) is 4.79. The lowest BCUT2D eigenvalue weighted by Crippen LogP contribution is -2.32. The number of likely N-dealkylation sites (N-methyl/N-ethyl adjacent to an activating group) is 1. The van der Waals surface area contributed by atoms with E-state index < -0.39 is 11.7 Å². The Morgan fingerprint density at radius 1 is 1.26 bits per heavy atom. The summed E-state index contributed by atoms with van der Waals surface area (Å²) in [5.74, 6) is -0.0315. The lowest BCUT2D eigenvalue weighted by molar-refractivity contribution is 0.0703. The predicted octanol–water partition coefficient (Wildman–Crippen LogP) is 4.15. The third-order valence-electron chi connectivity index (χ3n) is 6.96. The van der Waals surface area contributed by atoms with E-state index >= 15 is 4.39 Å². The summed E-state index contributed by atoms with van der Waals surface area (Å²) in [4.78, 5) is 19.4. The van der Waals surface area contributed by atoms with Gasteiger partial charge in [-0.05, 0) is 30.2 Å². The number of anilines is 1. The third kappa shape index (κ3) is 3.34. The van der Waals surface area contributed by atoms with E-state index in [1.165, 1.54) is 11.0 Å². The maximum absolute atomic E-state index is 15.1. The molecule has 0 fully saturated rings. The second-order valence-electron chi connectivity index (χ2n) is 9.09. The van der Waals surface area contributed by atoms with E-state index in [-0.39, 0.29) is 17.7 Å². The normalized spacial score (nSPS) is 18.4. The van der Waals surface area contributed by atoms with E-state index in [9.17, 15) is 4.79 Å². The number of hydrogen-bond acceptors (Lipinski definition) is 6. The maximum atomic E-state index is 15.1. The van der Waals surface area contributed by atoms with Crippen LogP contribution in [0.1, 0.15) is 46.1 Å². The number of hydrogen-bond donors (Lipinski definition) is 1. The number of aryl methyl sites for hydroxylation is 1. The van der Waals surface area contributed by atoms with Crippen LogP contribution >= 0.6 is 0 Å². The van der Waals surface area contributed by atoms with Crippen molar-refractivity contribution in [3.05, 3.63) is 70.8 Å². The molecule has 1 amide bonds. The average molecular weight is 474 g/mol. The second-order valence-corrected chi connectivity index (χ2v) is 9.09. The molecule has 0 spiro atoms. The fourth-order valence-corrected chi connectivity index (χ4v) is 5.05. The molecule has 4 aromatic rings. The Hall–Kier alpha value is -3.98. The summed E-state index contributed by atoms with van der Waals surface area (Å²) in [7, 11) is 3.53. The Balaban J connectivity index is 1.34. The first-order chi connectivity index (χ1) is 16.8. The van der Waals surface area contributed by atoms with Crippen LogP contribution in [0.15, 0.2) is 42.7 Å². The first-order valence-electron chi connectivity index (χ1n) is 11.4. The molecule has 178 valence electrons. The summed E-state index contributed by atoms with van der Waals surface area (Å²) >= 11 is 0. The van der Waals surface area contributed by atoms with Gasteiger partial charge in [-0.1, -0.05) is 12.1 Å². The van der Waals surface area contributed by atoms with Crippen LogP contribution in [0.25, 0.3) is 22.0 Å². The van der Waals surface area contributed by atoms with Crippen LogP contribution in [0.5, 0.6) is 5.75 Å². The monoisotopic (exact) mass is 473 g/mol. The van der Waals surface area contributed by atoms with E-state index in [4.69, 9.17) is 15.2 Å². The van der Waals surface area contributed by atoms with Crippen molar-refractivity contribution in [3.63, 3.8) is 0 Å². The maximum Gasteiger partial charge on any atom is 0.257 e. The average Bonchev–Trinajstić information content (AvgIpc) is 3.56. The highest BCUT2D eigenvalue weighted by atomic mass is 19.1. The fraction of sp³-hybridized carbons (Fsp3) is 0.269. The number of aromatic nitrogens is 3. The second kappa shape index (κ2) is 7.78. The number of fused-ring (bicyclic) bond motifs is 4. The number of rotatable bonds is 3. The molecule has 2 aliphatic heterocycles. The van der Waals surface area contributed by atoms with Crippen molar-refractivity contribution in [1.82, 2.24) is 19.7 Å². The first kappa shape index (κ1) is 21.5. The van der Waals surface area contributed by atoms with Gasteiger partial charge in [-0.25, -0.2) is 9.37 Å². The van der Waals surface area contributed by atoms with Gasteiger partial charge < -0.3 is 20.1 Å². The van der Waals surface area contributed by atoms with Crippen LogP contribution in [-0.4, -0.2) is 39.2 Å². The molecule has 0 bridgehead atoms. The number of pyridine rings is 1. The van der Waals surface area contributed by atoms with Crippen LogP contribution in [0, 0.1) is 5.82 Å². The number of ether oxygens (including phenoxy) is 2. The zero-order valence-electron chi connectivity index (χ0n) is 19.6. The molecule has 9 heteroatoms. The van der Waals surface area contributed by atoms with Crippen LogP contribution < -0.4 is 10.5 Å². The van der Waals surface area contributed by atoms with E-state index in [0.717, 1.165) is 27.8 Å². The number of nitrogens with two attached hydrogens (primary N) is 1. The number of benzene rings is 2. The summed E-state index contributed by atoms with van der Waals surface area (Å²) in [6.45, 7) is 2.54. The minimum Gasteiger partial charge on any atom is -0.491 e. The Morgan fingerprint density at radius 3 is 2.86 bits per heavy atom. The molecule has 35 heavy (non-hydrogen) atoms. The number of carbonyl (C=O) groups is 1. The number of amides is 1. The van der Waals surface area contributed by atoms with Crippen molar-refractivity contribution in [2.45, 2.75) is 25.7 Å². The molecule has 2 aliphatic rings. The smallest absolute Gasteiger partial charge is 0.257 e. The summed E-state index contributed by atoms with van der Waals surface area (Å²) in [6, 6.07) is 8.38. The topological polar surface area (TPSA) is 95.5 Å². The van der Waals surface area contributed by atoms with Gasteiger partial charge in [0, 0.05) is 48.4 Å². The van der Waals surface area contributed by atoms with Crippen molar-refractivity contribution in [2.75, 3.05) is 19.4 Å². The van der Waals surface area contributed by atoms with Gasteiger partial charge in [-0.15, -0.1) is 0 Å². The van der Waals surface area contributed by atoms with Crippen molar-refractivity contribution in [2.24, 2.45) is 7.05 Å². The summed E-state index contributed by atoms with van der Waals surface area (Å²) < 4.78 is 28.5. The molecule has 2 atom stereocenters. The molecule has 6 rings (SSSR count). The molecule has 0 radical (unpaired) electrons. The van der Waals surface area contributed by atoms with Gasteiger partial charge in [0.05, 0.1) is 36.0 Å². The molecule has 0 saturated heterocycles. The third-order valence-corrected chi connectivity index (χ3v) is 6.96. The molecule has 4 heterocycles. The highest BCUT2D eigenvalue weighted by Gasteiger charge is 2.33. The molecule has 0 aliphatic carbocycles. The van der Waals surface area contributed by atoms with E-state index in [2.05, 4.69) is 10.1 Å². The van der Waals surface area contributed by atoms with Crippen LogP contribution in [0.3, 0.4) is 0 Å². The number of nitrogens with zero attached hydrogens (tertiary/aromatic N) is 4. The van der Waals surface area contributed by atoms with Gasteiger partial charge in [0.2, 0.25) is 0 Å². The molecular formula is C26H24FN5O3. The van der Waals surface area contributed by atoms with Gasteiger partial charge in [-0.3, -0.25) is 9.48 Å². The van der Waals surface area contributed by atoms with Crippen molar-refractivity contribution in [3.8, 4) is 16.9 Å². The summed E-state index contributed by atoms with van der Waals surface area (Å²) in [5, 5.41) is 4.90. The van der Waals surface area contributed by atoms with Crippen LogP contribution in [0.2, 0.25) is 0 Å². The van der Waals surface area contributed by atoms with Gasteiger partial charge in [-0.2, -0.15) is 5.10 Å². The SMILES string of the molecule is C[C@H]1OCc2c1c(N)nc1cc(F)c(C(=O)N(C)[C@@H]3COc4cc(-c5cnn(C)c5)ccc43)cc21. The number of carbonyl (C=O) groups excluding carboxylic acids is 1. The number of halogens is 1. The standard InChI is InChI=1S/C26H24FN5O3/c1-13-24-19(11-34-13)17-7-18(20(27)8-21(17)30-25(24)28)26(33)32(3)22-12-35-23-6-14(4-5-16(22)23)15-9-29-31(2)10-15/h4-10,13,22H,11-12H2,1-3H3,(H2,28,30)/t13-,22-/m1/s1. The molecule has 0 saturated carbocycles. The summed E-state index contributed by atoms with van der Waals surface area (Å²) in [5.41, 5.74) is 11.0. The minimum absolute atomic E-state index is 0.0197. The highest BCUT2D eigenvalue weighted by molar-refractivity contribution is 5.99. The zero-order chi connectivity index (χ0) is 24.4. The van der Waals surface area contributed by atoms with Crippen LogP contribution in [-0.2, 0) is 18.4 Å². The molecule has 2 aromatic carbocycles. The lowest BCUT2D eigenvalue weighted by atomic mass is 9.99. The fourth-order valence-electron chi connectivity index (χ4n) is 5.05. The molecule has 2 N–H and O–H groups in total. The van der Waals surface area contributed by atoms with Crippen molar-refractivity contribution in [1.29, 1.82) is 0 Å². The quantitative estimate of drug-likeness (QED) is 0.480.